The lowest BCUT2D eigenvalue weighted by Crippen LogP contribution is -2.45. The summed E-state index contributed by atoms with van der Waals surface area (Å²) in [7, 11) is 1.49. The number of benzene rings is 3. The van der Waals surface area contributed by atoms with Gasteiger partial charge in [0.25, 0.3) is 0 Å². The Morgan fingerprint density at radius 2 is 1.53 bits per heavy atom. The van der Waals surface area contributed by atoms with Crippen LogP contribution in [-0.2, 0) is 37.4 Å². The van der Waals surface area contributed by atoms with Crippen LogP contribution in [0.5, 0.6) is 11.5 Å². The molecule has 0 spiro atoms. The van der Waals surface area contributed by atoms with Crippen molar-refractivity contribution in [2.24, 2.45) is 29.0 Å². The zero-order chi connectivity index (χ0) is 46.5. The van der Waals surface area contributed by atoms with Gasteiger partial charge in [0.1, 0.15) is 36.8 Å². The number of carboxylic acids is 1. The smallest absolute Gasteiger partial charge is 0.326 e. The van der Waals surface area contributed by atoms with Gasteiger partial charge >= 0.3 is 5.97 Å². The third kappa shape index (κ3) is 10.3. The molecule has 8 N–H and O–H groups in total. The van der Waals surface area contributed by atoms with E-state index in [1.807, 2.05) is 6.07 Å². The molecule has 2 aliphatic rings. The highest BCUT2D eigenvalue weighted by molar-refractivity contribution is 6.01. The second-order valence-corrected chi connectivity index (χ2v) is 17.6. The molecule has 3 aromatic carbocycles. The largest absolute Gasteiger partial charge is 0.492 e. The lowest BCUT2D eigenvalue weighted by atomic mass is 9.86. The standard InChI is InChI=1S/C49H61N7O8/c1-27-21-40(58)44(32-9-12-42(64-20-18-52)36(25-32)35-22-30(7-11-41(35)63-19-17-51)23-38(48(61)62)55-46(27)59)56(6)47(60)34(14-16-50)26-39(57)43-28(2)53-45(54-29(43)3)33-8-10-37-31(24-33)13-15-49(37,4)5/h7-12,22,24-25,27,34,38,44H,13-21,23,26,50-52H2,1-6H3,(H,55,59)(H,61,62)/t27-,34-,38+,44+/m1/s1. The van der Waals surface area contributed by atoms with Gasteiger partial charge in [-0.2, -0.15) is 0 Å². The van der Waals surface area contributed by atoms with Crippen molar-refractivity contribution in [3.8, 4) is 34.0 Å². The Kier molecular flexibility index (Phi) is 15.0. The van der Waals surface area contributed by atoms with Crippen LogP contribution < -0.4 is 32.0 Å². The number of hydrogen-bond donors (Lipinski definition) is 5. The molecule has 15 nitrogen and oxygen atoms in total. The highest BCUT2D eigenvalue weighted by atomic mass is 16.5. The minimum absolute atomic E-state index is 0.0612. The second-order valence-electron chi connectivity index (χ2n) is 17.6. The summed E-state index contributed by atoms with van der Waals surface area (Å²) in [6.45, 7) is 10.4. The van der Waals surface area contributed by atoms with Crippen molar-refractivity contribution >= 4 is 29.4 Å². The number of aliphatic carboxylic acids is 1. The summed E-state index contributed by atoms with van der Waals surface area (Å²) >= 11 is 0. The van der Waals surface area contributed by atoms with Gasteiger partial charge in [0.2, 0.25) is 11.8 Å². The van der Waals surface area contributed by atoms with Crippen molar-refractivity contribution < 1.29 is 38.6 Å². The zero-order valence-corrected chi connectivity index (χ0v) is 37.7. The maximum Gasteiger partial charge on any atom is 0.326 e. The number of ketones is 2. The Morgan fingerprint density at radius 1 is 0.891 bits per heavy atom. The third-order valence-electron chi connectivity index (χ3n) is 12.4. The van der Waals surface area contributed by atoms with Crippen LogP contribution in [0, 0.1) is 25.7 Å². The second kappa shape index (κ2) is 20.2. The summed E-state index contributed by atoms with van der Waals surface area (Å²) in [5, 5.41) is 12.8. The topological polar surface area (TPSA) is 243 Å². The van der Waals surface area contributed by atoms with Gasteiger partial charge in [0.15, 0.2) is 17.4 Å². The minimum Gasteiger partial charge on any atom is -0.492 e. The monoisotopic (exact) mass is 875 g/mol. The van der Waals surface area contributed by atoms with Crippen molar-refractivity contribution in [3.05, 3.63) is 93.8 Å². The van der Waals surface area contributed by atoms with Crippen LogP contribution in [0.15, 0.2) is 54.6 Å². The zero-order valence-electron chi connectivity index (χ0n) is 37.7. The molecule has 340 valence electrons. The van der Waals surface area contributed by atoms with Gasteiger partial charge in [0, 0.05) is 67.9 Å². The van der Waals surface area contributed by atoms with Gasteiger partial charge in [-0.3, -0.25) is 19.2 Å². The van der Waals surface area contributed by atoms with E-state index in [0.29, 0.717) is 56.5 Å². The molecule has 6 rings (SSSR count). The Morgan fingerprint density at radius 3 is 2.16 bits per heavy atom. The van der Waals surface area contributed by atoms with Gasteiger partial charge < -0.3 is 42.0 Å². The molecular formula is C49H61N7O8. The lowest BCUT2D eigenvalue weighted by Gasteiger charge is -2.32. The number of nitrogens with one attached hydrogen (secondary N) is 1. The van der Waals surface area contributed by atoms with E-state index in [1.54, 1.807) is 50.2 Å². The Hall–Kier alpha value is -6.03. The van der Waals surface area contributed by atoms with Gasteiger partial charge in [-0.25, -0.2) is 14.8 Å². The molecule has 4 bridgehead atoms. The molecule has 0 unspecified atom stereocenters. The SMILES string of the molecule is Cc1nc(-c2ccc3c(c2)CCC3(C)C)nc(C)c1C(=O)C[C@@H](CCN)C(=O)N(C)[C@@H]1C(=O)C[C@@H](C)C(=O)N[C@H](C(=O)O)Cc2ccc(OCCN)c(c2)-c2cc1ccc2OCCN. The lowest BCUT2D eigenvalue weighted by molar-refractivity contribution is -0.144. The highest BCUT2D eigenvalue weighted by Gasteiger charge is 2.37. The first-order valence-corrected chi connectivity index (χ1v) is 22.0. The molecule has 0 saturated heterocycles. The molecule has 1 aromatic heterocycles. The summed E-state index contributed by atoms with van der Waals surface area (Å²) < 4.78 is 12.2. The van der Waals surface area contributed by atoms with Crippen LogP contribution in [0.1, 0.15) is 96.5 Å². The number of carbonyl (C=O) groups excluding carboxylic acids is 4. The van der Waals surface area contributed by atoms with Crippen molar-refractivity contribution in [1.82, 2.24) is 20.2 Å². The van der Waals surface area contributed by atoms with Gasteiger partial charge in [-0.05, 0) is 97.7 Å². The number of carbonyl (C=O) groups is 5. The maximum atomic E-state index is 14.8. The number of Topliss-reactive ketones (excluding diaryl/α,β-unsaturated/α-hetero) is 2. The first-order chi connectivity index (χ1) is 30.5. The number of aryl methyl sites for hydroxylation is 3. The van der Waals surface area contributed by atoms with Crippen molar-refractivity contribution in [2.45, 2.75) is 90.6 Å². The molecule has 0 fully saturated rings. The Balaban J connectivity index is 1.38. The number of carboxylic acid groups (broad SMARTS) is 1. The molecule has 2 heterocycles. The number of likely N-dealkylation sites (N-methyl/N-ethyl adjacent to an activating group) is 1. The van der Waals surface area contributed by atoms with E-state index in [1.165, 1.54) is 30.0 Å². The predicted octanol–water partition coefficient (Wildman–Crippen LogP) is 4.78. The summed E-state index contributed by atoms with van der Waals surface area (Å²) in [4.78, 5) is 80.5. The fourth-order valence-corrected chi connectivity index (χ4v) is 9.00. The van der Waals surface area contributed by atoms with Crippen molar-refractivity contribution in [2.75, 3.05) is 39.9 Å². The van der Waals surface area contributed by atoms with Crippen LogP contribution in [0.25, 0.3) is 22.5 Å². The van der Waals surface area contributed by atoms with E-state index < -0.39 is 47.5 Å². The summed E-state index contributed by atoms with van der Waals surface area (Å²) in [5.74, 6) is -3.77. The van der Waals surface area contributed by atoms with Crippen LogP contribution in [-0.4, -0.2) is 95.3 Å². The summed E-state index contributed by atoms with van der Waals surface area (Å²) in [6, 6.07) is 14.0. The fraction of sp³-hybridized carbons (Fsp3) is 0.449. The molecule has 1 aliphatic carbocycles. The number of fused-ring (bicyclic) bond motifs is 6. The van der Waals surface area contributed by atoms with Gasteiger partial charge in [0.05, 0.1) is 17.0 Å². The average Bonchev–Trinajstić information content (AvgIpc) is 3.56. The first-order valence-electron chi connectivity index (χ1n) is 22.0. The number of nitrogens with zero attached hydrogens (tertiary/aromatic N) is 3. The molecule has 0 saturated carbocycles. The number of nitrogens with two attached hydrogens (primary N) is 3. The average molecular weight is 876 g/mol. The first kappa shape index (κ1) is 47.4. The summed E-state index contributed by atoms with van der Waals surface area (Å²) in [5.41, 5.74) is 24.6. The molecule has 1 aliphatic heterocycles. The molecule has 15 heteroatoms. The van der Waals surface area contributed by atoms with E-state index in [2.05, 4.69) is 31.3 Å². The number of hydrogen-bond acceptors (Lipinski definition) is 12. The normalized spacial score (nSPS) is 18.6. The quantitative estimate of drug-likeness (QED) is 0.101. The van der Waals surface area contributed by atoms with E-state index in [4.69, 9.17) is 36.6 Å². The van der Waals surface area contributed by atoms with E-state index in [-0.39, 0.29) is 69.7 Å². The number of aromatic nitrogens is 2. The van der Waals surface area contributed by atoms with E-state index >= 15 is 0 Å². The molecule has 4 atom stereocenters. The molecule has 4 aromatic rings. The highest BCUT2D eigenvalue weighted by Crippen LogP contribution is 2.42. The summed E-state index contributed by atoms with van der Waals surface area (Å²) in [6.07, 6.45) is 1.56. The molecule has 0 radical (unpaired) electrons. The maximum absolute atomic E-state index is 14.8. The van der Waals surface area contributed by atoms with Crippen molar-refractivity contribution in [3.63, 3.8) is 0 Å². The molecule has 64 heavy (non-hydrogen) atoms. The molecular weight excluding hydrogens is 815 g/mol. The number of amides is 2. The Labute approximate surface area is 374 Å². The number of rotatable bonds is 15. The van der Waals surface area contributed by atoms with Crippen LogP contribution in [0.4, 0.5) is 0 Å². The van der Waals surface area contributed by atoms with Crippen LogP contribution in [0.3, 0.4) is 0 Å². The predicted molar refractivity (Wildman–Crippen MR) is 243 cm³/mol. The third-order valence-corrected chi connectivity index (χ3v) is 12.4. The van der Waals surface area contributed by atoms with E-state index in [9.17, 15) is 29.1 Å². The van der Waals surface area contributed by atoms with Gasteiger partial charge in [-0.15, -0.1) is 0 Å². The number of ether oxygens (including phenoxy) is 2. The molecule has 2 amide bonds. The van der Waals surface area contributed by atoms with Gasteiger partial charge in [-0.1, -0.05) is 45.0 Å². The van der Waals surface area contributed by atoms with E-state index in [0.717, 1.165) is 18.4 Å². The van der Waals surface area contributed by atoms with Crippen LogP contribution in [0.2, 0.25) is 0 Å². The van der Waals surface area contributed by atoms with Crippen molar-refractivity contribution in [1.29, 1.82) is 0 Å². The minimum atomic E-state index is -1.31. The fourth-order valence-electron chi connectivity index (χ4n) is 9.00. The van der Waals surface area contributed by atoms with Crippen LogP contribution >= 0.6 is 0 Å². The Bertz CT molecular complexity index is 2410.